The van der Waals surface area contributed by atoms with E-state index in [1.54, 1.807) is 0 Å². The largest absolute Gasteiger partial charge is 0.445 e. The van der Waals surface area contributed by atoms with Gasteiger partial charge in [-0.2, -0.15) is 0 Å². The number of ether oxygens (including phenoxy) is 1. The van der Waals surface area contributed by atoms with Crippen molar-refractivity contribution in [2.45, 2.75) is 51.2 Å². The number of amides is 4. The third-order valence-electron chi connectivity index (χ3n) is 5.11. The molecule has 1 aliphatic rings. The lowest BCUT2D eigenvalue weighted by molar-refractivity contribution is -0.141. The van der Waals surface area contributed by atoms with E-state index >= 15 is 0 Å². The van der Waals surface area contributed by atoms with Gasteiger partial charge in [-0.1, -0.05) is 56.0 Å². The fourth-order valence-electron chi connectivity index (χ4n) is 3.47. The predicted molar refractivity (Wildman–Crippen MR) is 115 cm³/mol. The predicted octanol–water partition coefficient (Wildman–Crippen LogP) is 1.84. The lowest BCUT2D eigenvalue weighted by Crippen LogP contribution is -2.55. The van der Waals surface area contributed by atoms with Gasteiger partial charge >= 0.3 is 6.09 Å². The van der Waals surface area contributed by atoms with Gasteiger partial charge in [-0.25, -0.2) is 4.79 Å². The molecule has 0 aromatic heterocycles. The van der Waals surface area contributed by atoms with Gasteiger partial charge in [0.2, 0.25) is 5.91 Å². The Kier molecular flexibility index (Phi) is 10.1. The molecule has 0 bridgehead atoms. The molecule has 31 heavy (non-hydrogen) atoms. The van der Waals surface area contributed by atoms with E-state index in [0.717, 1.165) is 36.3 Å². The van der Waals surface area contributed by atoms with Gasteiger partial charge in [0.15, 0.2) is 0 Å². The van der Waals surface area contributed by atoms with Crippen molar-refractivity contribution in [3.05, 3.63) is 35.9 Å². The fourth-order valence-corrected chi connectivity index (χ4v) is 3.61. The van der Waals surface area contributed by atoms with E-state index in [-0.39, 0.29) is 31.4 Å². The maximum absolute atomic E-state index is 12.9. The topological polar surface area (TPSA) is 131 Å². The maximum atomic E-state index is 12.9. The molecule has 0 heterocycles. The van der Waals surface area contributed by atoms with Crippen LogP contribution < -0.4 is 16.5 Å². The minimum atomic E-state index is -0.898. The summed E-state index contributed by atoms with van der Waals surface area (Å²) in [6, 6.07) is 8.28. The quantitative estimate of drug-likeness (QED) is 0.368. The third kappa shape index (κ3) is 8.84. The Morgan fingerprint density at radius 1 is 1.16 bits per heavy atom. The van der Waals surface area contributed by atoms with E-state index in [9.17, 15) is 19.2 Å². The van der Waals surface area contributed by atoms with Crippen LogP contribution in [0.4, 0.5) is 4.79 Å². The van der Waals surface area contributed by atoms with Gasteiger partial charge in [0.05, 0.1) is 6.54 Å². The number of carbonyl (C=O) groups excluding carboxylic acids is 4. The highest BCUT2D eigenvalue weighted by atomic mass is 35.5. The summed E-state index contributed by atoms with van der Waals surface area (Å²) in [5, 5.41) is 3.56. The summed E-state index contributed by atoms with van der Waals surface area (Å²) >= 11 is 5.60. The minimum absolute atomic E-state index is 0.0694. The van der Waals surface area contributed by atoms with Crippen LogP contribution in [-0.2, 0) is 25.7 Å². The van der Waals surface area contributed by atoms with E-state index in [0.29, 0.717) is 6.42 Å². The number of alkyl carbamates (subject to hydrolysis) is 1. The zero-order chi connectivity index (χ0) is 22.6. The number of hydrogen-bond donors (Lipinski definition) is 3. The summed E-state index contributed by atoms with van der Waals surface area (Å²) in [6.07, 6.45) is 3.65. The molecule has 1 aromatic carbocycles. The average molecular weight is 453 g/mol. The highest BCUT2D eigenvalue weighted by molar-refractivity contribution is 6.27. The van der Waals surface area contributed by atoms with Gasteiger partial charge in [0.25, 0.3) is 11.8 Å². The van der Waals surface area contributed by atoms with Crippen molar-refractivity contribution in [1.82, 2.24) is 15.8 Å². The molecule has 1 fully saturated rings. The van der Waals surface area contributed by atoms with Crippen LogP contribution in [0.1, 0.15) is 44.1 Å². The van der Waals surface area contributed by atoms with E-state index in [2.05, 4.69) is 10.7 Å². The Morgan fingerprint density at radius 3 is 2.45 bits per heavy atom. The van der Waals surface area contributed by atoms with Crippen LogP contribution in [-0.4, -0.2) is 47.3 Å². The fraction of sp³-hybridized carbons (Fsp3) is 0.524. The van der Waals surface area contributed by atoms with Crippen molar-refractivity contribution in [3.8, 4) is 0 Å². The van der Waals surface area contributed by atoms with Crippen LogP contribution in [0.5, 0.6) is 0 Å². The Labute approximate surface area is 186 Å². The molecule has 1 saturated carbocycles. The van der Waals surface area contributed by atoms with Gasteiger partial charge < -0.3 is 15.8 Å². The number of alkyl halides is 1. The van der Waals surface area contributed by atoms with Crippen molar-refractivity contribution in [2.75, 3.05) is 12.4 Å². The molecule has 1 aliphatic carbocycles. The monoisotopic (exact) mass is 452 g/mol. The molecule has 1 aromatic rings. The molecule has 170 valence electrons. The summed E-state index contributed by atoms with van der Waals surface area (Å²) in [4.78, 5) is 48.3. The summed E-state index contributed by atoms with van der Waals surface area (Å²) in [5.41, 5.74) is 8.41. The van der Waals surface area contributed by atoms with Gasteiger partial charge in [0, 0.05) is 6.42 Å². The normalized spacial score (nSPS) is 14.5. The van der Waals surface area contributed by atoms with Gasteiger partial charge in [-0.05, 0) is 17.9 Å². The van der Waals surface area contributed by atoms with Crippen molar-refractivity contribution < 1.29 is 23.9 Å². The highest BCUT2D eigenvalue weighted by Gasteiger charge is 2.29. The first kappa shape index (κ1) is 24.5. The molecule has 0 radical (unpaired) electrons. The Morgan fingerprint density at radius 2 is 1.84 bits per heavy atom. The van der Waals surface area contributed by atoms with Crippen molar-refractivity contribution >= 4 is 35.4 Å². The molecule has 4 N–H and O–H groups in total. The number of rotatable bonds is 10. The maximum Gasteiger partial charge on any atom is 0.408 e. The molecule has 4 amide bonds. The molecule has 1 unspecified atom stereocenters. The second-order valence-corrected chi connectivity index (χ2v) is 7.78. The molecule has 0 saturated heterocycles. The molecule has 2 rings (SSSR count). The van der Waals surface area contributed by atoms with E-state index < -0.39 is 29.9 Å². The number of nitrogens with one attached hydrogen (secondary N) is 2. The summed E-state index contributed by atoms with van der Waals surface area (Å²) in [7, 11) is 0. The first-order valence-corrected chi connectivity index (χ1v) is 10.8. The van der Waals surface area contributed by atoms with Gasteiger partial charge in [-0.15, -0.1) is 11.6 Å². The molecule has 9 nitrogen and oxygen atoms in total. The summed E-state index contributed by atoms with van der Waals surface area (Å²) in [6.45, 7) is -0.0405. The van der Waals surface area contributed by atoms with Crippen LogP contribution >= 0.6 is 11.6 Å². The van der Waals surface area contributed by atoms with Gasteiger partial charge in [-0.3, -0.25) is 24.8 Å². The Balaban J connectivity index is 2.00. The van der Waals surface area contributed by atoms with E-state index in [1.165, 1.54) is 0 Å². The number of hydrogen-bond acceptors (Lipinski definition) is 5. The molecule has 1 atom stereocenters. The Bertz CT molecular complexity index is 755. The Hall–Kier alpha value is -2.81. The smallest absolute Gasteiger partial charge is 0.408 e. The van der Waals surface area contributed by atoms with Crippen molar-refractivity contribution in [2.24, 2.45) is 11.7 Å². The van der Waals surface area contributed by atoms with Crippen LogP contribution in [0.15, 0.2) is 30.3 Å². The van der Waals surface area contributed by atoms with Crippen LogP contribution in [0.2, 0.25) is 0 Å². The molecular formula is C21H29ClN4O5. The SMILES string of the molecule is NC(=O)CCN(NC(=O)C(CC1CCCC1)NC(=O)OCc1ccccc1)C(=O)CCl. The van der Waals surface area contributed by atoms with Crippen LogP contribution in [0.3, 0.4) is 0 Å². The lowest BCUT2D eigenvalue weighted by atomic mass is 9.98. The standard InChI is InChI=1S/C21H29ClN4O5/c22-13-19(28)26(11-10-18(23)27)25-20(29)17(12-15-6-4-5-7-15)24-21(30)31-14-16-8-2-1-3-9-16/h1-3,8-9,15,17H,4-7,10-14H2,(H2,23,27)(H,24,30)(H,25,29). The van der Waals surface area contributed by atoms with Crippen molar-refractivity contribution in [3.63, 3.8) is 0 Å². The number of carbonyl (C=O) groups is 4. The number of benzene rings is 1. The number of primary amides is 1. The number of halogens is 1. The summed E-state index contributed by atoms with van der Waals surface area (Å²) in [5.74, 6) is -1.87. The van der Waals surface area contributed by atoms with E-state index in [4.69, 9.17) is 22.1 Å². The van der Waals surface area contributed by atoms with Crippen LogP contribution in [0.25, 0.3) is 0 Å². The van der Waals surface area contributed by atoms with Crippen molar-refractivity contribution in [1.29, 1.82) is 0 Å². The lowest BCUT2D eigenvalue weighted by Gasteiger charge is -2.26. The van der Waals surface area contributed by atoms with Crippen LogP contribution in [0, 0.1) is 5.92 Å². The highest BCUT2D eigenvalue weighted by Crippen LogP contribution is 2.28. The second-order valence-electron chi connectivity index (χ2n) is 7.52. The van der Waals surface area contributed by atoms with E-state index in [1.807, 2.05) is 30.3 Å². The molecule has 10 heteroatoms. The number of hydrazine groups is 1. The zero-order valence-corrected chi connectivity index (χ0v) is 18.1. The molecule has 0 aliphatic heterocycles. The average Bonchev–Trinajstić information content (AvgIpc) is 3.27. The first-order chi connectivity index (χ1) is 14.9. The second kappa shape index (κ2) is 12.8. The minimum Gasteiger partial charge on any atom is -0.445 e. The first-order valence-electron chi connectivity index (χ1n) is 10.3. The van der Waals surface area contributed by atoms with Gasteiger partial charge in [0.1, 0.15) is 18.5 Å². The number of nitrogens with two attached hydrogens (primary N) is 1. The summed E-state index contributed by atoms with van der Waals surface area (Å²) < 4.78 is 5.23. The zero-order valence-electron chi connectivity index (χ0n) is 17.3. The number of nitrogens with zero attached hydrogens (tertiary/aromatic N) is 1. The third-order valence-corrected chi connectivity index (χ3v) is 5.34. The molecular weight excluding hydrogens is 424 g/mol. The molecule has 0 spiro atoms.